The molecule has 11 heteroatoms. The fourth-order valence-corrected chi connectivity index (χ4v) is 1.89. The first-order chi connectivity index (χ1) is 12.5. The summed E-state index contributed by atoms with van der Waals surface area (Å²) < 4.78 is 73.5. The van der Waals surface area contributed by atoms with Crippen molar-refractivity contribution in [1.29, 1.82) is 0 Å². The molecule has 5 nitrogen and oxygen atoms in total. The number of nitrogens with one attached hydrogen (secondary N) is 2. The number of rotatable bonds is 4. The summed E-state index contributed by atoms with van der Waals surface area (Å²) in [5.41, 5.74) is -1.15. The van der Waals surface area contributed by atoms with Crippen LogP contribution in [-0.2, 0) is 6.18 Å². The monoisotopic (exact) mass is 391 g/mol. The van der Waals surface area contributed by atoms with Gasteiger partial charge in [0, 0.05) is 17.4 Å². The molecule has 2 aromatic rings. The summed E-state index contributed by atoms with van der Waals surface area (Å²) in [7, 11) is 0. The van der Waals surface area contributed by atoms with E-state index in [1.807, 2.05) is 0 Å². The van der Waals surface area contributed by atoms with Crippen LogP contribution < -0.4 is 10.6 Å². The summed E-state index contributed by atoms with van der Waals surface area (Å²) >= 11 is 0. The third-order valence-electron chi connectivity index (χ3n) is 3.17. The predicted octanol–water partition coefficient (Wildman–Crippen LogP) is 3.64. The number of nitrogens with zero attached hydrogens (tertiary/aromatic N) is 1. The summed E-state index contributed by atoms with van der Waals surface area (Å²) in [6, 6.07) is 6.50. The highest BCUT2D eigenvalue weighted by molar-refractivity contribution is 6.04. The van der Waals surface area contributed by atoms with E-state index < -0.39 is 36.4 Å². The van der Waals surface area contributed by atoms with Crippen molar-refractivity contribution in [1.82, 2.24) is 10.3 Å². The zero-order valence-corrected chi connectivity index (χ0v) is 13.3. The van der Waals surface area contributed by atoms with Gasteiger partial charge in [-0.3, -0.25) is 14.6 Å². The molecule has 0 aliphatic carbocycles. The van der Waals surface area contributed by atoms with Gasteiger partial charge in [0.05, 0.1) is 5.56 Å². The summed E-state index contributed by atoms with van der Waals surface area (Å²) in [6.07, 6.45) is -8.41. The molecule has 2 rings (SSSR count). The zero-order valence-electron chi connectivity index (χ0n) is 13.3. The first-order valence-corrected chi connectivity index (χ1v) is 7.25. The van der Waals surface area contributed by atoms with Crippen molar-refractivity contribution in [2.24, 2.45) is 0 Å². The van der Waals surface area contributed by atoms with E-state index in [-0.39, 0.29) is 16.8 Å². The standard InChI is InChI=1S/C16H11F6N3O2/c17-15(18,19)8-24-13(26)9-1-4-11(5-2-9)25-14(27)10-3-6-12(23-7-10)16(20,21)22/h1-7H,8H2,(H,24,26)(H,25,27). The summed E-state index contributed by atoms with van der Waals surface area (Å²) in [5, 5.41) is 4.06. The van der Waals surface area contributed by atoms with E-state index in [1.165, 1.54) is 24.3 Å². The number of amides is 2. The van der Waals surface area contributed by atoms with Gasteiger partial charge in [-0.15, -0.1) is 0 Å². The second kappa shape index (κ2) is 7.64. The van der Waals surface area contributed by atoms with Gasteiger partial charge in [0.2, 0.25) is 0 Å². The molecule has 27 heavy (non-hydrogen) atoms. The lowest BCUT2D eigenvalue weighted by Crippen LogP contribution is -2.33. The highest BCUT2D eigenvalue weighted by Crippen LogP contribution is 2.27. The number of halogens is 6. The van der Waals surface area contributed by atoms with Gasteiger partial charge in [0.15, 0.2) is 0 Å². The second-order valence-electron chi connectivity index (χ2n) is 5.26. The van der Waals surface area contributed by atoms with Gasteiger partial charge in [0.25, 0.3) is 11.8 Å². The van der Waals surface area contributed by atoms with Gasteiger partial charge in [0.1, 0.15) is 12.2 Å². The summed E-state index contributed by atoms with van der Waals surface area (Å²) in [6.45, 7) is -1.48. The van der Waals surface area contributed by atoms with Gasteiger partial charge in [-0.25, -0.2) is 0 Å². The molecule has 0 bridgehead atoms. The molecule has 144 valence electrons. The molecular weight excluding hydrogens is 380 g/mol. The quantitative estimate of drug-likeness (QED) is 0.782. The van der Waals surface area contributed by atoms with Crippen LogP contribution >= 0.6 is 0 Å². The fraction of sp³-hybridized carbons (Fsp3) is 0.188. The van der Waals surface area contributed by atoms with Crippen LogP contribution in [0.5, 0.6) is 0 Å². The average molecular weight is 391 g/mol. The molecule has 0 aliphatic rings. The molecule has 0 spiro atoms. The van der Waals surface area contributed by atoms with Crippen molar-refractivity contribution in [3.05, 3.63) is 59.4 Å². The van der Waals surface area contributed by atoms with Gasteiger partial charge < -0.3 is 10.6 Å². The molecule has 2 N–H and O–H groups in total. The molecule has 1 aromatic carbocycles. The Morgan fingerprint density at radius 3 is 1.93 bits per heavy atom. The van der Waals surface area contributed by atoms with Crippen LogP contribution in [0.4, 0.5) is 32.0 Å². The number of anilines is 1. The number of carbonyl (C=O) groups excluding carboxylic acids is 2. The lowest BCUT2D eigenvalue weighted by molar-refractivity contribution is -0.141. The Bertz CT molecular complexity index is 814. The van der Waals surface area contributed by atoms with Crippen LogP contribution in [0.1, 0.15) is 26.4 Å². The van der Waals surface area contributed by atoms with Crippen LogP contribution in [0.3, 0.4) is 0 Å². The van der Waals surface area contributed by atoms with E-state index in [2.05, 4.69) is 10.3 Å². The van der Waals surface area contributed by atoms with E-state index in [0.717, 1.165) is 12.3 Å². The van der Waals surface area contributed by atoms with Crippen LogP contribution in [-0.4, -0.2) is 29.5 Å². The number of hydrogen-bond donors (Lipinski definition) is 2. The zero-order chi connectivity index (χ0) is 20.2. The number of hydrogen-bond acceptors (Lipinski definition) is 3. The minimum Gasteiger partial charge on any atom is -0.343 e. The van der Waals surface area contributed by atoms with Gasteiger partial charge in [-0.1, -0.05) is 0 Å². The minimum absolute atomic E-state index is 0.0616. The molecule has 0 saturated carbocycles. The maximum Gasteiger partial charge on any atom is 0.433 e. The Kier molecular flexibility index (Phi) is 5.72. The van der Waals surface area contributed by atoms with Crippen molar-refractivity contribution >= 4 is 17.5 Å². The molecule has 1 aromatic heterocycles. The van der Waals surface area contributed by atoms with E-state index >= 15 is 0 Å². The van der Waals surface area contributed by atoms with Crippen LogP contribution in [0.2, 0.25) is 0 Å². The highest BCUT2D eigenvalue weighted by atomic mass is 19.4. The Morgan fingerprint density at radius 1 is 0.852 bits per heavy atom. The van der Waals surface area contributed by atoms with Gasteiger partial charge in [-0.2, -0.15) is 26.3 Å². The Hall–Kier alpha value is -3.11. The molecule has 1 heterocycles. The first-order valence-electron chi connectivity index (χ1n) is 7.25. The molecule has 0 atom stereocenters. The fourth-order valence-electron chi connectivity index (χ4n) is 1.89. The first kappa shape index (κ1) is 20.2. The van der Waals surface area contributed by atoms with Crippen LogP contribution in [0.15, 0.2) is 42.6 Å². The largest absolute Gasteiger partial charge is 0.433 e. The smallest absolute Gasteiger partial charge is 0.343 e. The summed E-state index contributed by atoms with van der Waals surface area (Å²) in [4.78, 5) is 26.7. The molecule has 0 radical (unpaired) electrons. The normalized spacial score (nSPS) is 11.8. The van der Waals surface area contributed by atoms with E-state index in [9.17, 15) is 35.9 Å². The lowest BCUT2D eigenvalue weighted by atomic mass is 10.2. The average Bonchev–Trinajstić information content (AvgIpc) is 2.59. The van der Waals surface area contributed by atoms with Crippen molar-refractivity contribution in [3.63, 3.8) is 0 Å². The van der Waals surface area contributed by atoms with Crippen molar-refractivity contribution in [3.8, 4) is 0 Å². The minimum atomic E-state index is -4.63. The van der Waals surface area contributed by atoms with Gasteiger partial charge in [-0.05, 0) is 36.4 Å². The van der Waals surface area contributed by atoms with E-state index in [1.54, 1.807) is 5.32 Å². The molecule has 2 amide bonds. The van der Waals surface area contributed by atoms with Crippen molar-refractivity contribution in [2.45, 2.75) is 12.4 Å². The molecule has 0 fully saturated rings. The molecule has 0 aliphatic heterocycles. The second-order valence-corrected chi connectivity index (χ2v) is 5.26. The van der Waals surface area contributed by atoms with E-state index in [0.29, 0.717) is 6.07 Å². The number of carbonyl (C=O) groups is 2. The molecule has 0 saturated heterocycles. The SMILES string of the molecule is O=C(NCC(F)(F)F)c1ccc(NC(=O)c2ccc(C(F)(F)F)nc2)cc1. The predicted molar refractivity (Wildman–Crippen MR) is 82.0 cm³/mol. The molecular formula is C16H11F6N3O2. The number of aromatic nitrogens is 1. The maximum absolute atomic E-state index is 12.4. The van der Waals surface area contributed by atoms with Crippen LogP contribution in [0, 0.1) is 0 Å². The van der Waals surface area contributed by atoms with Crippen LogP contribution in [0.25, 0.3) is 0 Å². The highest BCUT2D eigenvalue weighted by Gasteiger charge is 2.32. The number of benzene rings is 1. The van der Waals surface area contributed by atoms with E-state index in [4.69, 9.17) is 0 Å². The van der Waals surface area contributed by atoms with Crippen molar-refractivity contribution in [2.75, 3.05) is 11.9 Å². The number of pyridine rings is 1. The van der Waals surface area contributed by atoms with Gasteiger partial charge >= 0.3 is 12.4 Å². The molecule has 0 unspecified atom stereocenters. The Labute approximate surface area is 148 Å². The van der Waals surface area contributed by atoms with Crippen molar-refractivity contribution < 1.29 is 35.9 Å². The third-order valence-corrected chi connectivity index (χ3v) is 3.17. The summed E-state index contributed by atoms with van der Waals surface area (Å²) in [5.74, 6) is -1.69. The third kappa shape index (κ3) is 5.97. The topological polar surface area (TPSA) is 71.1 Å². The Morgan fingerprint density at radius 2 is 1.44 bits per heavy atom. The number of alkyl halides is 6. The maximum atomic E-state index is 12.4. The Balaban J connectivity index is 1.99. The lowest BCUT2D eigenvalue weighted by Gasteiger charge is -2.10.